The molecule has 0 aromatic carbocycles. The molecule has 6 nitrogen and oxygen atoms in total. The first kappa shape index (κ1) is 20.0. The Morgan fingerprint density at radius 1 is 1.30 bits per heavy atom. The number of hydrogen-bond donors (Lipinski definition) is 0. The van der Waals surface area contributed by atoms with E-state index in [9.17, 15) is 9.59 Å². The molecule has 0 aromatic heterocycles. The molecular formula is C15H25NO5S2. The van der Waals surface area contributed by atoms with E-state index in [4.69, 9.17) is 26.4 Å². The average Bonchev–Trinajstić information content (AvgIpc) is 2.67. The molecular weight excluding hydrogens is 338 g/mol. The summed E-state index contributed by atoms with van der Waals surface area (Å²) in [6.07, 6.45) is 0.828. The number of methoxy groups -OCH3 is 1. The Morgan fingerprint density at radius 3 is 2.30 bits per heavy atom. The highest BCUT2D eigenvalue weighted by Gasteiger charge is 2.56. The second kappa shape index (κ2) is 7.25. The van der Waals surface area contributed by atoms with E-state index in [-0.39, 0.29) is 6.54 Å². The standard InChI is InChI=1S/C15H25NO5S2/c1-14(2,3)21-12(18)16-8-9(20-13(22)23-7)15(4,5)10(16)11(17)19-6/h9-10H,8H2,1-7H3/t9-,10+/m0/s1. The van der Waals surface area contributed by atoms with Gasteiger partial charge in [-0.3, -0.25) is 4.90 Å². The summed E-state index contributed by atoms with van der Waals surface area (Å²) in [5.74, 6) is -0.498. The van der Waals surface area contributed by atoms with E-state index in [1.807, 2.05) is 20.1 Å². The molecule has 1 amide bonds. The van der Waals surface area contributed by atoms with Crippen molar-refractivity contribution < 1.29 is 23.8 Å². The molecule has 0 unspecified atom stereocenters. The lowest BCUT2D eigenvalue weighted by atomic mass is 9.82. The predicted octanol–water partition coefficient (Wildman–Crippen LogP) is 2.84. The van der Waals surface area contributed by atoms with E-state index < -0.39 is 35.2 Å². The van der Waals surface area contributed by atoms with Crippen molar-refractivity contribution in [3.63, 3.8) is 0 Å². The van der Waals surface area contributed by atoms with Gasteiger partial charge in [-0.25, -0.2) is 9.59 Å². The normalized spacial score (nSPS) is 23.3. The first-order valence-electron chi connectivity index (χ1n) is 7.26. The summed E-state index contributed by atoms with van der Waals surface area (Å²) in [5.41, 5.74) is -1.32. The molecule has 0 radical (unpaired) electrons. The van der Waals surface area contributed by atoms with E-state index in [0.29, 0.717) is 4.38 Å². The third-order valence-corrected chi connectivity index (χ3v) is 4.69. The molecule has 0 N–H and O–H groups in total. The van der Waals surface area contributed by atoms with Gasteiger partial charge in [-0.1, -0.05) is 25.6 Å². The molecule has 8 heteroatoms. The Morgan fingerprint density at radius 2 is 1.87 bits per heavy atom. The number of thiocarbonyl (C=S) groups is 1. The second-order valence-electron chi connectivity index (χ2n) is 6.94. The number of amides is 1. The van der Waals surface area contributed by atoms with Gasteiger partial charge in [0.25, 0.3) is 0 Å². The Kier molecular flexibility index (Phi) is 6.32. The molecule has 2 atom stereocenters. The highest BCUT2D eigenvalue weighted by molar-refractivity contribution is 8.22. The number of ether oxygens (including phenoxy) is 3. The van der Waals surface area contributed by atoms with Crippen LogP contribution >= 0.6 is 24.0 Å². The Labute approximate surface area is 147 Å². The highest BCUT2D eigenvalue weighted by atomic mass is 32.2. The lowest BCUT2D eigenvalue weighted by Crippen LogP contribution is -2.48. The van der Waals surface area contributed by atoms with E-state index >= 15 is 0 Å². The van der Waals surface area contributed by atoms with Gasteiger partial charge >= 0.3 is 12.1 Å². The van der Waals surface area contributed by atoms with Crippen LogP contribution in [0.15, 0.2) is 0 Å². The van der Waals surface area contributed by atoms with Gasteiger partial charge in [-0.05, 0) is 39.2 Å². The van der Waals surface area contributed by atoms with Crippen LogP contribution in [0.25, 0.3) is 0 Å². The zero-order valence-corrected chi connectivity index (χ0v) is 16.3. The van der Waals surface area contributed by atoms with Crippen molar-refractivity contribution in [3.8, 4) is 0 Å². The van der Waals surface area contributed by atoms with Crippen LogP contribution in [0, 0.1) is 5.41 Å². The Bertz CT molecular complexity index is 487. The molecule has 1 aliphatic rings. The summed E-state index contributed by atoms with van der Waals surface area (Å²) in [6.45, 7) is 9.24. The van der Waals surface area contributed by atoms with Gasteiger partial charge in [-0.15, -0.1) is 0 Å². The topological polar surface area (TPSA) is 65.1 Å². The minimum absolute atomic E-state index is 0.211. The van der Waals surface area contributed by atoms with Crippen molar-refractivity contribution in [1.29, 1.82) is 0 Å². The van der Waals surface area contributed by atoms with Crippen LogP contribution in [0.4, 0.5) is 4.79 Å². The average molecular weight is 364 g/mol. The quantitative estimate of drug-likeness (QED) is 0.552. The van der Waals surface area contributed by atoms with Crippen LogP contribution < -0.4 is 0 Å². The van der Waals surface area contributed by atoms with Crippen molar-refractivity contribution in [1.82, 2.24) is 4.90 Å². The SMILES string of the molecule is COC(=O)[C@H]1N(C(=O)OC(C)(C)C)C[C@H](OC(=S)SC)C1(C)C. The number of thioether (sulfide) groups is 1. The van der Waals surface area contributed by atoms with E-state index in [2.05, 4.69) is 0 Å². The first-order chi connectivity index (χ1) is 10.4. The fourth-order valence-corrected chi connectivity index (χ4v) is 2.82. The van der Waals surface area contributed by atoms with Gasteiger partial charge in [-0.2, -0.15) is 0 Å². The van der Waals surface area contributed by atoms with Crippen LogP contribution in [0.2, 0.25) is 0 Å². The minimum atomic E-state index is -0.794. The molecule has 0 saturated carbocycles. The molecule has 1 saturated heterocycles. The van der Waals surface area contributed by atoms with Crippen molar-refractivity contribution >= 4 is 40.4 Å². The molecule has 0 bridgehead atoms. The van der Waals surface area contributed by atoms with Gasteiger partial charge in [0.1, 0.15) is 17.7 Å². The van der Waals surface area contributed by atoms with Crippen molar-refractivity contribution in [2.24, 2.45) is 5.41 Å². The van der Waals surface area contributed by atoms with Gasteiger partial charge in [0.05, 0.1) is 13.7 Å². The zero-order valence-electron chi connectivity index (χ0n) is 14.7. The van der Waals surface area contributed by atoms with E-state index in [0.717, 1.165) is 0 Å². The zero-order chi connectivity index (χ0) is 18.0. The molecule has 1 aliphatic heterocycles. The van der Waals surface area contributed by atoms with Crippen molar-refractivity contribution in [2.75, 3.05) is 19.9 Å². The number of rotatable bonds is 2. The Hall–Kier alpha value is -1.02. The van der Waals surface area contributed by atoms with Crippen LogP contribution in [0.1, 0.15) is 34.6 Å². The first-order valence-corrected chi connectivity index (χ1v) is 8.89. The number of nitrogens with zero attached hydrogens (tertiary/aromatic N) is 1. The van der Waals surface area contributed by atoms with Crippen LogP contribution in [0.5, 0.6) is 0 Å². The second-order valence-corrected chi connectivity index (χ2v) is 8.35. The summed E-state index contributed by atoms with van der Waals surface area (Å²) in [7, 11) is 1.30. The number of carbonyl (C=O) groups excluding carboxylic acids is 2. The molecule has 1 fully saturated rings. The molecule has 1 heterocycles. The van der Waals surface area contributed by atoms with Crippen LogP contribution in [0.3, 0.4) is 0 Å². The smallest absolute Gasteiger partial charge is 0.411 e. The number of hydrogen-bond acceptors (Lipinski definition) is 7. The molecule has 132 valence electrons. The largest absolute Gasteiger partial charge is 0.473 e. The van der Waals surface area contributed by atoms with Gasteiger partial charge in [0, 0.05) is 5.41 Å². The lowest BCUT2D eigenvalue weighted by molar-refractivity contribution is -0.149. The van der Waals surface area contributed by atoms with Crippen LogP contribution in [-0.2, 0) is 19.0 Å². The molecule has 0 aromatic rings. The minimum Gasteiger partial charge on any atom is -0.473 e. The van der Waals surface area contributed by atoms with Crippen molar-refractivity contribution in [3.05, 3.63) is 0 Å². The number of esters is 1. The van der Waals surface area contributed by atoms with Gasteiger partial charge < -0.3 is 14.2 Å². The maximum Gasteiger partial charge on any atom is 0.411 e. The summed E-state index contributed by atoms with van der Waals surface area (Å²) >= 11 is 6.41. The summed E-state index contributed by atoms with van der Waals surface area (Å²) < 4.78 is 16.4. The lowest BCUT2D eigenvalue weighted by Gasteiger charge is -2.32. The number of carbonyl (C=O) groups is 2. The third kappa shape index (κ3) is 4.73. The molecule has 0 aliphatic carbocycles. The van der Waals surface area contributed by atoms with E-state index in [1.54, 1.807) is 20.8 Å². The Balaban J connectivity index is 3.10. The maximum absolute atomic E-state index is 12.5. The van der Waals surface area contributed by atoms with Gasteiger partial charge in [0.2, 0.25) is 4.38 Å². The molecule has 0 spiro atoms. The van der Waals surface area contributed by atoms with Gasteiger partial charge in [0.15, 0.2) is 0 Å². The fraction of sp³-hybridized carbons (Fsp3) is 0.800. The van der Waals surface area contributed by atoms with Crippen molar-refractivity contribution in [2.45, 2.75) is 52.4 Å². The summed E-state index contributed by atoms with van der Waals surface area (Å²) in [6, 6.07) is -0.794. The summed E-state index contributed by atoms with van der Waals surface area (Å²) in [4.78, 5) is 26.1. The monoisotopic (exact) mass is 363 g/mol. The molecule has 23 heavy (non-hydrogen) atoms. The van der Waals surface area contributed by atoms with E-state index in [1.165, 1.54) is 23.8 Å². The fourth-order valence-electron chi connectivity index (χ4n) is 2.49. The third-order valence-electron chi connectivity index (χ3n) is 3.67. The van der Waals surface area contributed by atoms with Crippen LogP contribution in [-0.4, -0.2) is 59.0 Å². The maximum atomic E-state index is 12.5. The summed E-state index contributed by atoms with van der Waals surface area (Å²) in [5, 5.41) is 0. The highest BCUT2D eigenvalue weighted by Crippen LogP contribution is 2.40. The molecule has 1 rings (SSSR count). The predicted molar refractivity (Wildman–Crippen MR) is 93.5 cm³/mol. The number of likely N-dealkylation sites (tertiary alicyclic amines) is 1.